The second-order valence-corrected chi connectivity index (χ2v) is 5.86. The van der Waals surface area contributed by atoms with Crippen LogP contribution in [0.2, 0.25) is 0 Å². The molecule has 3 nitrogen and oxygen atoms in total. The lowest BCUT2D eigenvalue weighted by molar-refractivity contribution is -0.190. The molecule has 21 heavy (non-hydrogen) atoms. The van der Waals surface area contributed by atoms with Crippen molar-refractivity contribution in [2.75, 3.05) is 0 Å². The van der Waals surface area contributed by atoms with Crippen molar-refractivity contribution in [3.05, 3.63) is 29.8 Å². The maximum absolute atomic E-state index is 12.7. The van der Waals surface area contributed by atoms with Crippen molar-refractivity contribution >= 4 is 5.91 Å². The Bertz CT molecular complexity index is 544. The molecule has 6 heteroatoms. The standard InChI is InChI=1S/C15H16F3NO2/c16-15(17,18)14(21)19-11-4-5-12(19)7-10(6-11)9-2-1-3-13(20)8-9/h1-3,8,10-12,20H,4-7H2/t10?,11-,12+. The van der Waals surface area contributed by atoms with Crippen LogP contribution in [0.1, 0.15) is 37.2 Å². The maximum Gasteiger partial charge on any atom is 0.471 e. The third kappa shape index (κ3) is 2.59. The summed E-state index contributed by atoms with van der Waals surface area (Å²) in [6, 6.07) is 6.16. The summed E-state index contributed by atoms with van der Waals surface area (Å²) in [5.74, 6) is -1.44. The molecule has 0 radical (unpaired) electrons. The van der Waals surface area contributed by atoms with Gasteiger partial charge in [-0.25, -0.2) is 0 Å². The smallest absolute Gasteiger partial charge is 0.471 e. The van der Waals surface area contributed by atoms with E-state index in [-0.39, 0.29) is 23.8 Å². The highest BCUT2D eigenvalue weighted by Crippen LogP contribution is 2.44. The Labute approximate surface area is 120 Å². The first-order chi connectivity index (χ1) is 9.86. The zero-order valence-electron chi connectivity index (χ0n) is 11.3. The fraction of sp³-hybridized carbons (Fsp3) is 0.533. The highest BCUT2D eigenvalue weighted by molar-refractivity contribution is 5.83. The van der Waals surface area contributed by atoms with E-state index in [9.17, 15) is 23.1 Å². The van der Waals surface area contributed by atoms with Gasteiger partial charge in [0.25, 0.3) is 0 Å². The molecule has 2 bridgehead atoms. The first-order valence-electron chi connectivity index (χ1n) is 7.04. The van der Waals surface area contributed by atoms with Gasteiger partial charge >= 0.3 is 12.1 Å². The van der Waals surface area contributed by atoms with Gasteiger partial charge in [-0.1, -0.05) is 12.1 Å². The SMILES string of the molecule is O=C(N1[C@@H]2CC[C@H]1CC(c1cccc(O)c1)C2)C(F)(F)F. The van der Waals surface area contributed by atoms with Gasteiger partial charge in [-0.05, 0) is 49.3 Å². The van der Waals surface area contributed by atoms with Crippen molar-refractivity contribution in [2.24, 2.45) is 0 Å². The van der Waals surface area contributed by atoms with Crippen LogP contribution in [-0.4, -0.2) is 34.2 Å². The number of hydrogen-bond donors (Lipinski definition) is 1. The van der Waals surface area contributed by atoms with Gasteiger partial charge in [0.2, 0.25) is 0 Å². The Morgan fingerprint density at radius 1 is 1.19 bits per heavy atom. The summed E-state index contributed by atoms with van der Waals surface area (Å²) in [7, 11) is 0. The van der Waals surface area contributed by atoms with E-state index < -0.39 is 12.1 Å². The number of rotatable bonds is 1. The van der Waals surface area contributed by atoms with Gasteiger partial charge in [0, 0.05) is 12.1 Å². The molecule has 3 atom stereocenters. The average molecular weight is 299 g/mol. The van der Waals surface area contributed by atoms with Gasteiger partial charge in [-0.3, -0.25) is 4.79 Å². The molecule has 2 aliphatic rings. The van der Waals surface area contributed by atoms with Gasteiger partial charge in [-0.15, -0.1) is 0 Å². The number of halogens is 3. The van der Waals surface area contributed by atoms with E-state index >= 15 is 0 Å². The summed E-state index contributed by atoms with van der Waals surface area (Å²) < 4.78 is 38.0. The second kappa shape index (κ2) is 4.93. The third-order valence-corrected chi connectivity index (χ3v) is 4.55. The quantitative estimate of drug-likeness (QED) is 0.865. The molecule has 1 N–H and O–H groups in total. The topological polar surface area (TPSA) is 40.5 Å². The highest BCUT2D eigenvalue weighted by atomic mass is 19.4. The van der Waals surface area contributed by atoms with E-state index in [0.717, 1.165) is 10.5 Å². The normalized spacial score (nSPS) is 28.7. The van der Waals surface area contributed by atoms with E-state index in [1.54, 1.807) is 18.2 Å². The van der Waals surface area contributed by atoms with Crippen LogP contribution in [0.25, 0.3) is 0 Å². The molecule has 0 spiro atoms. The first-order valence-corrected chi connectivity index (χ1v) is 7.04. The molecule has 1 amide bonds. The number of phenols is 1. The van der Waals surface area contributed by atoms with E-state index in [4.69, 9.17) is 0 Å². The number of piperidine rings is 1. The molecule has 1 unspecified atom stereocenters. The molecule has 0 aromatic heterocycles. The lowest BCUT2D eigenvalue weighted by atomic mass is 9.85. The van der Waals surface area contributed by atoms with Crippen LogP contribution >= 0.6 is 0 Å². The molecule has 2 heterocycles. The highest BCUT2D eigenvalue weighted by Gasteiger charge is 2.51. The maximum atomic E-state index is 12.7. The number of benzene rings is 1. The van der Waals surface area contributed by atoms with Crippen molar-refractivity contribution < 1.29 is 23.1 Å². The molecule has 3 rings (SSSR count). The van der Waals surface area contributed by atoms with Crippen LogP contribution in [0, 0.1) is 0 Å². The Morgan fingerprint density at radius 3 is 2.33 bits per heavy atom. The molecule has 2 aliphatic heterocycles. The van der Waals surface area contributed by atoms with Crippen LogP contribution in [0.4, 0.5) is 13.2 Å². The molecule has 2 fully saturated rings. The van der Waals surface area contributed by atoms with Gasteiger partial charge < -0.3 is 10.0 Å². The van der Waals surface area contributed by atoms with Gasteiger partial charge in [0.15, 0.2) is 0 Å². The Kier molecular flexibility index (Phi) is 3.34. The fourth-order valence-electron chi connectivity index (χ4n) is 3.71. The zero-order valence-corrected chi connectivity index (χ0v) is 11.3. The molecule has 0 saturated carbocycles. The molecule has 0 aliphatic carbocycles. The average Bonchev–Trinajstić information content (AvgIpc) is 2.66. The van der Waals surface area contributed by atoms with Crippen molar-refractivity contribution in [3.63, 3.8) is 0 Å². The lowest BCUT2D eigenvalue weighted by Gasteiger charge is -2.39. The predicted molar refractivity (Wildman–Crippen MR) is 69.8 cm³/mol. The number of alkyl halides is 3. The van der Waals surface area contributed by atoms with Crippen LogP contribution < -0.4 is 0 Å². The number of fused-ring (bicyclic) bond motifs is 2. The number of phenolic OH excluding ortho intramolecular Hbond substituents is 1. The summed E-state index contributed by atoms with van der Waals surface area (Å²) in [6.45, 7) is 0. The Morgan fingerprint density at radius 2 is 1.81 bits per heavy atom. The number of aromatic hydroxyl groups is 1. The van der Waals surface area contributed by atoms with Gasteiger partial charge in [0.1, 0.15) is 5.75 Å². The number of amides is 1. The molecular formula is C15H16F3NO2. The van der Waals surface area contributed by atoms with E-state index in [0.29, 0.717) is 25.7 Å². The van der Waals surface area contributed by atoms with Crippen LogP contribution in [-0.2, 0) is 4.79 Å². The van der Waals surface area contributed by atoms with E-state index in [1.165, 1.54) is 0 Å². The second-order valence-electron chi connectivity index (χ2n) is 5.86. The number of nitrogens with zero attached hydrogens (tertiary/aromatic N) is 1. The summed E-state index contributed by atoms with van der Waals surface area (Å²) >= 11 is 0. The molecule has 2 saturated heterocycles. The number of carbonyl (C=O) groups is 1. The zero-order chi connectivity index (χ0) is 15.2. The van der Waals surface area contributed by atoms with Crippen molar-refractivity contribution in [1.82, 2.24) is 4.90 Å². The summed E-state index contributed by atoms with van der Waals surface area (Å²) in [6.07, 6.45) is -2.48. The minimum absolute atomic E-state index is 0.104. The molecule has 1 aromatic rings. The van der Waals surface area contributed by atoms with Crippen molar-refractivity contribution in [2.45, 2.75) is 49.9 Å². The molecule has 114 valence electrons. The largest absolute Gasteiger partial charge is 0.508 e. The minimum Gasteiger partial charge on any atom is -0.508 e. The molecule has 1 aromatic carbocycles. The van der Waals surface area contributed by atoms with Crippen molar-refractivity contribution in [3.8, 4) is 5.75 Å². The predicted octanol–water partition coefficient (Wildman–Crippen LogP) is 3.19. The summed E-state index contributed by atoms with van der Waals surface area (Å²) in [5.41, 5.74) is 0.936. The fourth-order valence-corrected chi connectivity index (χ4v) is 3.71. The number of hydrogen-bond acceptors (Lipinski definition) is 2. The van der Waals surface area contributed by atoms with E-state index in [1.807, 2.05) is 6.07 Å². The van der Waals surface area contributed by atoms with E-state index in [2.05, 4.69) is 0 Å². The van der Waals surface area contributed by atoms with Gasteiger partial charge in [-0.2, -0.15) is 13.2 Å². The Balaban J connectivity index is 1.79. The summed E-state index contributed by atoms with van der Waals surface area (Å²) in [5, 5.41) is 9.52. The van der Waals surface area contributed by atoms with Crippen LogP contribution in [0.15, 0.2) is 24.3 Å². The minimum atomic E-state index is -4.79. The Hall–Kier alpha value is -1.72. The van der Waals surface area contributed by atoms with Crippen molar-refractivity contribution in [1.29, 1.82) is 0 Å². The van der Waals surface area contributed by atoms with Crippen LogP contribution in [0.5, 0.6) is 5.75 Å². The third-order valence-electron chi connectivity index (χ3n) is 4.55. The monoisotopic (exact) mass is 299 g/mol. The lowest BCUT2D eigenvalue weighted by Crippen LogP contribution is -2.51. The van der Waals surface area contributed by atoms with Crippen LogP contribution in [0.3, 0.4) is 0 Å². The molecular weight excluding hydrogens is 283 g/mol. The van der Waals surface area contributed by atoms with Gasteiger partial charge in [0.05, 0.1) is 0 Å². The number of carbonyl (C=O) groups excluding carboxylic acids is 1. The first kappa shape index (κ1) is 14.2. The summed E-state index contributed by atoms with van der Waals surface area (Å²) in [4.78, 5) is 12.6.